The van der Waals surface area contributed by atoms with Crippen molar-refractivity contribution >= 4 is 35.3 Å². The zero-order chi connectivity index (χ0) is 26.4. The number of rotatable bonds is 9. The average molecular weight is 501 g/mol. The standard InChI is InChI=1S/C27H24N4O6/c1-2-19-9-3-5-12-22(19)28-25(32)16-30-26(33)23(29-27(30)34)15-20-10-4-6-13-24(20)37-17-18-8-7-11-21(14-18)31(35)36/h3-15H,2,16-17H2,1H3,(H,28,32)(H,29,34)/b23-15+. The number of urea groups is 1. The summed E-state index contributed by atoms with van der Waals surface area (Å²) in [6, 6.07) is 19.6. The largest absolute Gasteiger partial charge is 0.488 e. The normalized spacial score (nSPS) is 14.0. The van der Waals surface area contributed by atoms with Crippen molar-refractivity contribution in [3.05, 3.63) is 105 Å². The van der Waals surface area contributed by atoms with E-state index in [2.05, 4.69) is 10.6 Å². The van der Waals surface area contributed by atoms with Crippen molar-refractivity contribution in [1.82, 2.24) is 10.2 Å². The van der Waals surface area contributed by atoms with Crippen LogP contribution in [0.15, 0.2) is 78.5 Å². The highest BCUT2D eigenvalue weighted by Crippen LogP contribution is 2.24. The maximum Gasteiger partial charge on any atom is 0.329 e. The summed E-state index contributed by atoms with van der Waals surface area (Å²) < 4.78 is 5.84. The number of nitrogens with one attached hydrogen (secondary N) is 2. The molecule has 0 bridgehead atoms. The lowest BCUT2D eigenvalue weighted by atomic mass is 10.1. The molecule has 3 aromatic carbocycles. The van der Waals surface area contributed by atoms with Gasteiger partial charge < -0.3 is 15.4 Å². The summed E-state index contributed by atoms with van der Waals surface area (Å²) in [5.74, 6) is -0.723. The first-order chi connectivity index (χ1) is 17.9. The summed E-state index contributed by atoms with van der Waals surface area (Å²) in [5.41, 5.74) is 2.64. The van der Waals surface area contributed by atoms with E-state index in [4.69, 9.17) is 4.74 Å². The lowest BCUT2D eigenvalue weighted by Gasteiger charge is -2.13. The Bertz CT molecular complexity index is 1400. The minimum atomic E-state index is -0.704. The van der Waals surface area contributed by atoms with Crippen molar-refractivity contribution in [1.29, 1.82) is 0 Å². The first kappa shape index (κ1) is 25.1. The second-order valence-corrected chi connectivity index (χ2v) is 8.19. The number of para-hydroxylation sites is 2. The molecule has 0 atom stereocenters. The van der Waals surface area contributed by atoms with Crippen LogP contribution in [0, 0.1) is 10.1 Å². The molecule has 188 valence electrons. The van der Waals surface area contributed by atoms with E-state index >= 15 is 0 Å². The molecule has 0 spiro atoms. The van der Waals surface area contributed by atoms with Gasteiger partial charge >= 0.3 is 6.03 Å². The van der Waals surface area contributed by atoms with Crippen molar-refractivity contribution in [3.63, 3.8) is 0 Å². The van der Waals surface area contributed by atoms with Gasteiger partial charge in [-0.05, 0) is 35.8 Å². The number of carbonyl (C=O) groups excluding carboxylic acids is 3. The Labute approximate surface area is 212 Å². The molecule has 1 heterocycles. The van der Waals surface area contributed by atoms with E-state index in [0.717, 1.165) is 16.9 Å². The molecule has 0 aromatic heterocycles. The molecular formula is C27H24N4O6. The van der Waals surface area contributed by atoms with Crippen LogP contribution in [0.1, 0.15) is 23.6 Å². The predicted octanol–water partition coefficient (Wildman–Crippen LogP) is 4.27. The molecule has 3 aromatic rings. The molecule has 0 aliphatic carbocycles. The Kier molecular flexibility index (Phi) is 7.58. The molecule has 2 N–H and O–H groups in total. The SMILES string of the molecule is CCc1ccccc1NC(=O)CN1C(=O)N/C(=C/c2ccccc2OCc2cccc([N+](=O)[O-])c2)C1=O. The van der Waals surface area contributed by atoms with Gasteiger partial charge in [0.1, 0.15) is 24.6 Å². The summed E-state index contributed by atoms with van der Waals surface area (Å²) in [5, 5.41) is 16.3. The predicted molar refractivity (Wildman–Crippen MR) is 137 cm³/mol. The van der Waals surface area contributed by atoms with Crippen LogP contribution < -0.4 is 15.4 Å². The third kappa shape index (κ3) is 5.99. The molecular weight excluding hydrogens is 476 g/mol. The topological polar surface area (TPSA) is 131 Å². The number of imide groups is 1. The third-order valence-corrected chi connectivity index (χ3v) is 5.67. The summed E-state index contributed by atoms with van der Waals surface area (Å²) in [4.78, 5) is 49.3. The van der Waals surface area contributed by atoms with Crippen LogP contribution in [-0.2, 0) is 22.6 Å². The van der Waals surface area contributed by atoms with Crippen LogP contribution in [0.3, 0.4) is 0 Å². The quantitative estimate of drug-likeness (QED) is 0.195. The van der Waals surface area contributed by atoms with Gasteiger partial charge in [0.25, 0.3) is 11.6 Å². The molecule has 0 radical (unpaired) electrons. The highest BCUT2D eigenvalue weighted by Gasteiger charge is 2.35. The van der Waals surface area contributed by atoms with Crippen LogP contribution in [0.2, 0.25) is 0 Å². The molecule has 1 fully saturated rings. The molecule has 1 aliphatic heterocycles. The molecule has 1 saturated heterocycles. The molecule has 4 amide bonds. The van der Waals surface area contributed by atoms with Crippen molar-refractivity contribution < 1.29 is 24.0 Å². The van der Waals surface area contributed by atoms with Crippen molar-refractivity contribution in [2.24, 2.45) is 0 Å². The first-order valence-electron chi connectivity index (χ1n) is 11.5. The number of nitro benzene ring substituents is 1. The van der Waals surface area contributed by atoms with Gasteiger partial charge in [-0.15, -0.1) is 0 Å². The highest BCUT2D eigenvalue weighted by atomic mass is 16.6. The van der Waals surface area contributed by atoms with Crippen LogP contribution in [0.5, 0.6) is 5.75 Å². The molecule has 1 aliphatic rings. The van der Waals surface area contributed by atoms with Gasteiger partial charge in [0.05, 0.1) is 4.92 Å². The number of nitrogens with zero attached hydrogens (tertiary/aromatic N) is 2. The van der Waals surface area contributed by atoms with Crippen LogP contribution >= 0.6 is 0 Å². The Morgan fingerprint density at radius 2 is 1.84 bits per heavy atom. The van der Waals surface area contributed by atoms with Crippen LogP contribution in [-0.4, -0.2) is 34.2 Å². The second kappa shape index (κ2) is 11.2. The van der Waals surface area contributed by atoms with Gasteiger partial charge in [-0.1, -0.05) is 55.5 Å². The van der Waals surface area contributed by atoms with Crippen molar-refractivity contribution in [2.45, 2.75) is 20.0 Å². The van der Waals surface area contributed by atoms with Gasteiger partial charge in [0.15, 0.2) is 0 Å². The maximum absolute atomic E-state index is 12.9. The fourth-order valence-corrected chi connectivity index (χ4v) is 3.81. The fraction of sp³-hybridized carbons (Fsp3) is 0.148. The number of hydrogen-bond acceptors (Lipinski definition) is 6. The average Bonchev–Trinajstić information content (AvgIpc) is 3.15. The van der Waals surface area contributed by atoms with E-state index in [-0.39, 0.29) is 18.0 Å². The molecule has 37 heavy (non-hydrogen) atoms. The molecule has 0 saturated carbocycles. The Morgan fingerprint density at radius 1 is 1.08 bits per heavy atom. The van der Waals surface area contributed by atoms with Crippen molar-refractivity contribution in [3.8, 4) is 5.75 Å². The number of carbonyl (C=O) groups is 3. The summed E-state index contributed by atoms with van der Waals surface area (Å²) in [7, 11) is 0. The minimum absolute atomic E-state index is 0.00171. The van der Waals surface area contributed by atoms with E-state index in [1.807, 2.05) is 19.1 Å². The van der Waals surface area contributed by atoms with Gasteiger partial charge in [-0.25, -0.2) is 9.69 Å². The zero-order valence-electron chi connectivity index (χ0n) is 20.0. The van der Waals surface area contributed by atoms with Gasteiger partial charge in [0, 0.05) is 23.4 Å². The minimum Gasteiger partial charge on any atom is -0.488 e. The summed E-state index contributed by atoms with van der Waals surface area (Å²) in [6.45, 7) is 1.59. The summed E-state index contributed by atoms with van der Waals surface area (Å²) >= 11 is 0. The third-order valence-electron chi connectivity index (χ3n) is 5.67. The van der Waals surface area contributed by atoms with Crippen LogP contribution in [0.4, 0.5) is 16.2 Å². The number of hydrogen-bond donors (Lipinski definition) is 2. The van der Waals surface area contributed by atoms with Gasteiger partial charge in [0.2, 0.25) is 5.91 Å². The molecule has 4 rings (SSSR count). The van der Waals surface area contributed by atoms with E-state index in [1.165, 1.54) is 18.2 Å². The monoisotopic (exact) mass is 500 g/mol. The van der Waals surface area contributed by atoms with Gasteiger partial charge in [-0.3, -0.25) is 19.7 Å². The number of non-ortho nitro benzene ring substituents is 1. The first-order valence-corrected chi connectivity index (χ1v) is 11.5. The Hall–Kier alpha value is -4.99. The van der Waals surface area contributed by atoms with Crippen molar-refractivity contribution in [2.75, 3.05) is 11.9 Å². The number of ether oxygens (including phenoxy) is 1. The highest BCUT2D eigenvalue weighted by molar-refractivity contribution is 6.16. The molecule has 10 heteroatoms. The van der Waals surface area contributed by atoms with E-state index < -0.39 is 29.3 Å². The van der Waals surface area contributed by atoms with E-state index in [1.54, 1.807) is 48.5 Å². The van der Waals surface area contributed by atoms with E-state index in [0.29, 0.717) is 22.6 Å². The Balaban J connectivity index is 1.45. The summed E-state index contributed by atoms with van der Waals surface area (Å²) in [6.07, 6.45) is 2.18. The van der Waals surface area contributed by atoms with Gasteiger partial charge in [-0.2, -0.15) is 0 Å². The number of aryl methyl sites for hydroxylation is 1. The Morgan fingerprint density at radius 3 is 2.62 bits per heavy atom. The number of benzene rings is 3. The fourth-order valence-electron chi connectivity index (χ4n) is 3.81. The number of nitro groups is 1. The van der Waals surface area contributed by atoms with E-state index in [9.17, 15) is 24.5 Å². The number of amides is 4. The lowest BCUT2D eigenvalue weighted by molar-refractivity contribution is -0.384. The zero-order valence-corrected chi connectivity index (χ0v) is 20.0. The molecule has 0 unspecified atom stereocenters. The molecule has 10 nitrogen and oxygen atoms in total. The maximum atomic E-state index is 12.9. The number of anilines is 1. The van der Waals surface area contributed by atoms with Crippen LogP contribution in [0.25, 0.3) is 6.08 Å². The lowest BCUT2D eigenvalue weighted by Crippen LogP contribution is -2.38. The second-order valence-electron chi connectivity index (χ2n) is 8.19. The smallest absolute Gasteiger partial charge is 0.329 e.